The van der Waals surface area contributed by atoms with Gasteiger partial charge in [-0.15, -0.1) is 0 Å². The maximum Gasteiger partial charge on any atom is 0.245 e. The number of oxazole rings is 1. The topological polar surface area (TPSA) is 97.0 Å². The third kappa shape index (κ3) is 4.76. The van der Waals surface area contributed by atoms with E-state index in [1.165, 1.54) is 0 Å². The molecule has 0 spiro atoms. The number of nitriles is 1. The van der Waals surface area contributed by atoms with E-state index in [4.69, 9.17) is 35.7 Å². The number of hydrogen-bond donors (Lipinski definition) is 1. The van der Waals surface area contributed by atoms with E-state index >= 15 is 0 Å². The Morgan fingerprint density at radius 3 is 2.66 bits per heavy atom. The highest BCUT2D eigenvalue weighted by Gasteiger charge is 2.18. The molecule has 0 amide bonds. The van der Waals surface area contributed by atoms with Crippen LogP contribution in [-0.2, 0) is 6.42 Å². The van der Waals surface area contributed by atoms with Gasteiger partial charge in [-0.3, -0.25) is 0 Å². The van der Waals surface area contributed by atoms with Crippen LogP contribution in [0.4, 0.5) is 0 Å². The van der Waals surface area contributed by atoms with Gasteiger partial charge in [-0.05, 0) is 37.6 Å². The van der Waals surface area contributed by atoms with Crippen LogP contribution in [0.3, 0.4) is 0 Å². The standard InChI is InChI=1S/C24H21ClN4O3/c1-15-27-14-19(28-15)24-29-23(17-6-8-18(25)9-7-17)21(32-24)4-3-11-31-20-10-5-16(13-26)12-22(20)30-2/h5-10,12,14H,3-4,11H2,1-2H3,(H,27,28). The lowest BCUT2D eigenvalue weighted by atomic mass is 10.1. The Kier molecular flexibility index (Phi) is 6.43. The quantitative estimate of drug-likeness (QED) is 0.353. The second-order valence-electron chi connectivity index (χ2n) is 7.11. The number of nitrogens with zero attached hydrogens (tertiary/aromatic N) is 3. The molecule has 162 valence electrons. The second-order valence-corrected chi connectivity index (χ2v) is 7.55. The highest BCUT2D eigenvalue weighted by molar-refractivity contribution is 6.30. The lowest BCUT2D eigenvalue weighted by Crippen LogP contribution is -2.01. The van der Waals surface area contributed by atoms with Crippen molar-refractivity contribution in [1.82, 2.24) is 15.0 Å². The van der Waals surface area contributed by atoms with Crippen LogP contribution in [0.15, 0.2) is 53.1 Å². The van der Waals surface area contributed by atoms with E-state index < -0.39 is 0 Å². The molecule has 0 bridgehead atoms. The Morgan fingerprint density at radius 2 is 1.97 bits per heavy atom. The van der Waals surface area contributed by atoms with Gasteiger partial charge in [0.1, 0.15) is 23.0 Å². The van der Waals surface area contributed by atoms with Gasteiger partial charge >= 0.3 is 0 Å². The molecule has 4 rings (SSSR count). The Morgan fingerprint density at radius 1 is 1.16 bits per heavy atom. The van der Waals surface area contributed by atoms with Gasteiger partial charge in [0, 0.05) is 23.1 Å². The van der Waals surface area contributed by atoms with Crippen molar-refractivity contribution in [2.24, 2.45) is 0 Å². The third-order valence-corrected chi connectivity index (χ3v) is 5.10. The van der Waals surface area contributed by atoms with Gasteiger partial charge in [0.05, 0.1) is 31.5 Å². The van der Waals surface area contributed by atoms with Gasteiger partial charge in [-0.25, -0.2) is 9.97 Å². The lowest BCUT2D eigenvalue weighted by Gasteiger charge is -2.10. The largest absolute Gasteiger partial charge is 0.493 e. The summed E-state index contributed by atoms with van der Waals surface area (Å²) in [5, 5.41) is 9.69. The number of ether oxygens (including phenoxy) is 2. The molecule has 2 aromatic carbocycles. The van der Waals surface area contributed by atoms with Crippen molar-refractivity contribution in [2.75, 3.05) is 13.7 Å². The fourth-order valence-electron chi connectivity index (χ4n) is 3.27. The molecule has 2 aromatic heterocycles. The van der Waals surface area contributed by atoms with Gasteiger partial charge in [0.25, 0.3) is 0 Å². The number of benzene rings is 2. The molecule has 0 radical (unpaired) electrons. The maximum absolute atomic E-state index is 9.03. The summed E-state index contributed by atoms with van der Waals surface area (Å²) in [6.45, 7) is 2.32. The van der Waals surface area contributed by atoms with Crippen LogP contribution < -0.4 is 9.47 Å². The highest BCUT2D eigenvalue weighted by atomic mass is 35.5. The molecule has 0 aliphatic heterocycles. The van der Waals surface area contributed by atoms with Gasteiger partial charge in [-0.1, -0.05) is 23.7 Å². The lowest BCUT2D eigenvalue weighted by molar-refractivity contribution is 0.286. The minimum atomic E-state index is 0.446. The minimum Gasteiger partial charge on any atom is -0.493 e. The molecule has 0 aliphatic rings. The van der Waals surface area contributed by atoms with Crippen LogP contribution in [0.5, 0.6) is 11.5 Å². The number of hydrogen-bond acceptors (Lipinski definition) is 6. The van der Waals surface area contributed by atoms with Gasteiger partial charge in [-0.2, -0.15) is 5.26 Å². The van der Waals surface area contributed by atoms with E-state index in [-0.39, 0.29) is 0 Å². The summed E-state index contributed by atoms with van der Waals surface area (Å²) in [6, 6.07) is 14.7. The Bertz CT molecular complexity index is 1260. The summed E-state index contributed by atoms with van der Waals surface area (Å²) in [6.07, 6.45) is 3.02. The average Bonchev–Trinajstić information content (AvgIpc) is 3.43. The first kappa shape index (κ1) is 21.5. The zero-order valence-corrected chi connectivity index (χ0v) is 18.4. The summed E-state index contributed by atoms with van der Waals surface area (Å²) >= 11 is 6.05. The summed E-state index contributed by atoms with van der Waals surface area (Å²) in [5.41, 5.74) is 2.93. The normalized spacial score (nSPS) is 10.7. The molecule has 0 unspecified atom stereocenters. The van der Waals surface area contributed by atoms with E-state index in [9.17, 15) is 0 Å². The Labute approximate surface area is 190 Å². The molecule has 1 N–H and O–H groups in total. The van der Waals surface area contributed by atoms with Crippen molar-refractivity contribution < 1.29 is 13.9 Å². The zero-order chi connectivity index (χ0) is 22.5. The number of halogens is 1. The fourth-order valence-corrected chi connectivity index (χ4v) is 3.40. The van der Waals surface area contributed by atoms with Crippen molar-refractivity contribution in [3.63, 3.8) is 0 Å². The van der Waals surface area contributed by atoms with Gasteiger partial charge in [0.15, 0.2) is 11.5 Å². The first-order valence-electron chi connectivity index (χ1n) is 10.1. The van der Waals surface area contributed by atoms with E-state index in [1.807, 2.05) is 31.2 Å². The molecule has 0 saturated carbocycles. The van der Waals surface area contributed by atoms with E-state index in [2.05, 4.69) is 16.0 Å². The number of methoxy groups -OCH3 is 1. The molecule has 32 heavy (non-hydrogen) atoms. The Hall–Kier alpha value is -3.76. The summed E-state index contributed by atoms with van der Waals surface area (Å²) < 4.78 is 17.3. The molecular weight excluding hydrogens is 428 g/mol. The van der Waals surface area contributed by atoms with E-state index in [0.717, 1.165) is 28.5 Å². The molecule has 0 aliphatic carbocycles. The molecule has 0 saturated heterocycles. The Balaban J connectivity index is 1.50. The van der Waals surface area contributed by atoms with Crippen molar-refractivity contribution in [3.8, 4) is 40.4 Å². The van der Waals surface area contributed by atoms with Crippen molar-refractivity contribution in [3.05, 3.63) is 70.8 Å². The minimum absolute atomic E-state index is 0.446. The molecule has 0 atom stereocenters. The average molecular weight is 449 g/mol. The van der Waals surface area contributed by atoms with E-state index in [1.54, 1.807) is 31.5 Å². The van der Waals surface area contributed by atoms with Crippen LogP contribution in [0, 0.1) is 18.3 Å². The number of imidazole rings is 1. The van der Waals surface area contributed by atoms with Crippen LogP contribution in [0.25, 0.3) is 22.8 Å². The molecule has 8 heteroatoms. The third-order valence-electron chi connectivity index (χ3n) is 4.85. The molecule has 0 fully saturated rings. The first-order chi connectivity index (χ1) is 15.6. The zero-order valence-electron chi connectivity index (χ0n) is 17.7. The van der Waals surface area contributed by atoms with Crippen molar-refractivity contribution in [2.45, 2.75) is 19.8 Å². The second kappa shape index (κ2) is 9.58. The predicted molar refractivity (Wildman–Crippen MR) is 121 cm³/mol. The summed E-state index contributed by atoms with van der Waals surface area (Å²) in [4.78, 5) is 12.1. The number of aromatic amines is 1. The number of rotatable bonds is 8. The number of aryl methyl sites for hydroxylation is 2. The number of aromatic nitrogens is 3. The van der Waals surface area contributed by atoms with Gasteiger partial charge < -0.3 is 18.9 Å². The van der Waals surface area contributed by atoms with Crippen LogP contribution in [0.2, 0.25) is 5.02 Å². The SMILES string of the molecule is COc1cc(C#N)ccc1OCCCc1oc(-c2cnc(C)[nH]2)nc1-c1ccc(Cl)cc1. The van der Waals surface area contributed by atoms with Crippen LogP contribution in [-0.4, -0.2) is 28.7 Å². The molecule has 2 heterocycles. The van der Waals surface area contributed by atoms with E-state index in [0.29, 0.717) is 47.4 Å². The number of H-pyrrole nitrogens is 1. The maximum atomic E-state index is 9.03. The monoisotopic (exact) mass is 448 g/mol. The smallest absolute Gasteiger partial charge is 0.245 e. The summed E-state index contributed by atoms with van der Waals surface area (Å²) in [5.74, 6) is 3.15. The molecule has 4 aromatic rings. The van der Waals surface area contributed by atoms with Crippen molar-refractivity contribution >= 4 is 11.6 Å². The van der Waals surface area contributed by atoms with Crippen LogP contribution in [0.1, 0.15) is 23.6 Å². The van der Waals surface area contributed by atoms with Gasteiger partial charge in [0.2, 0.25) is 5.89 Å². The highest BCUT2D eigenvalue weighted by Crippen LogP contribution is 2.31. The first-order valence-corrected chi connectivity index (χ1v) is 10.4. The van der Waals surface area contributed by atoms with Crippen molar-refractivity contribution in [1.29, 1.82) is 5.26 Å². The number of nitrogens with one attached hydrogen (secondary N) is 1. The summed E-state index contributed by atoms with van der Waals surface area (Å²) in [7, 11) is 1.55. The molecule has 7 nitrogen and oxygen atoms in total. The fraction of sp³-hybridized carbons (Fsp3) is 0.208. The van der Waals surface area contributed by atoms with Crippen LogP contribution >= 0.6 is 11.6 Å². The molecular formula is C24H21ClN4O3. The predicted octanol–water partition coefficient (Wildman–Crippen LogP) is 5.59.